The summed E-state index contributed by atoms with van der Waals surface area (Å²) in [6.07, 6.45) is 0. The molecule has 0 bridgehead atoms. The third-order valence-electron chi connectivity index (χ3n) is 4.37. The molecule has 1 aliphatic heterocycles. The van der Waals surface area contributed by atoms with Crippen molar-refractivity contribution in [2.75, 3.05) is 0 Å². The predicted molar refractivity (Wildman–Crippen MR) is 118 cm³/mol. The molecule has 1 heterocycles. The highest BCUT2D eigenvalue weighted by Gasteiger charge is 2.32. The molecule has 0 atom stereocenters. The normalized spacial score (nSPS) is 15.0. The van der Waals surface area contributed by atoms with Crippen molar-refractivity contribution >= 4 is 29.1 Å². The molecule has 0 spiro atoms. The second-order valence-corrected chi connectivity index (χ2v) is 8.01. The Kier molecular flexibility index (Phi) is 6.02. The molecular formula is C23H21N3O6. The first-order chi connectivity index (χ1) is 15.0. The van der Waals surface area contributed by atoms with Gasteiger partial charge < -0.3 is 9.84 Å². The summed E-state index contributed by atoms with van der Waals surface area (Å²) in [5.41, 5.74) is 0.235. The highest BCUT2D eigenvalue weighted by molar-refractivity contribution is 6.36. The summed E-state index contributed by atoms with van der Waals surface area (Å²) in [5, 5.41) is 21.0. The Morgan fingerprint density at radius 3 is 2.19 bits per heavy atom. The van der Waals surface area contributed by atoms with Gasteiger partial charge in [-0.15, -0.1) is 0 Å². The Bertz CT molecular complexity index is 1200. The molecule has 9 heteroatoms. The smallest absolute Gasteiger partial charge is 0.344 e. The molecule has 1 amide bonds. The van der Waals surface area contributed by atoms with Crippen LogP contribution >= 0.6 is 0 Å². The van der Waals surface area contributed by atoms with Gasteiger partial charge in [-0.3, -0.25) is 14.9 Å². The van der Waals surface area contributed by atoms with E-state index in [2.05, 4.69) is 9.98 Å². The van der Waals surface area contributed by atoms with Gasteiger partial charge in [-0.05, 0) is 39.8 Å². The number of hydrogen-bond acceptors (Lipinski definition) is 6. The highest BCUT2D eigenvalue weighted by Crippen LogP contribution is 2.27. The topological polar surface area (TPSA) is 131 Å². The number of aliphatic imine (C=N–C) groups is 2. The van der Waals surface area contributed by atoms with Crippen LogP contribution in [-0.4, -0.2) is 39.1 Å². The van der Waals surface area contributed by atoms with Crippen LogP contribution in [0.25, 0.3) is 0 Å². The zero-order valence-electron chi connectivity index (χ0n) is 17.9. The number of fused-ring (bicyclic) bond motifs is 1. The van der Waals surface area contributed by atoms with E-state index >= 15 is 0 Å². The number of rotatable bonds is 4. The molecule has 0 saturated heterocycles. The molecule has 2 aromatic rings. The number of carbonyl (C=O) groups is 2. The number of nitro benzene ring substituents is 1. The van der Waals surface area contributed by atoms with Crippen LogP contribution in [0.2, 0.25) is 0 Å². The van der Waals surface area contributed by atoms with Crippen LogP contribution in [0.1, 0.15) is 49.2 Å². The number of non-ortho nitro benzene ring substituents is 1. The molecule has 0 aliphatic carbocycles. The number of nitrogens with zero attached hydrogens (tertiary/aromatic N) is 3. The van der Waals surface area contributed by atoms with Crippen LogP contribution in [0, 0.1) is 10.1 Å². The van der Waals surface area contributed by atoms with Crippen molar-refractivity contribution in [3.63, 3.8) is 0 Å². The number of amides is 1. The van der Waals surface area contributed by atoms with Crippen molar-refractivity contribution in [2.45, 2.75) is 33.3 Å². The molecule has 164 valence electrons. The summed E-state index contributed by atoms with van der Waals surface area (Å²) in [6, 6.07) is 11.9. The van der Waals surface area contributed by atoms with E-state index < -0.39 is 22.4 Å². The molecule has 3 rings (SSSR count). The average Bonchev–Trinajstić information content (AvgIpc) is 3.04. The molecule has 0 unspecified atom stereocenters. The van der Waals surface area contributed by atoms with Crippen molar-refractivity contribution in [1.82, 2.24) is 0 Å². The van der Waals surface area contributed by atoms with E-state index in [-0.39, 0.29) is 34.1 Å². The maximum absolute atomic E-state index is 12.8. The SMILES string of the molecule is CC(O)=C(C(=O)OC(C)(C)C)C1=NC(=NC(=O)c2ccc([N+](=O)[O-])cc2)c2ccccc21. The van der Waals surface area contributed by atoms with Crippen molar-refractivity contribution < 1.29 is 24.4 Å². The van der Waals surface area contributed by atoms with Gasteiger partial charge in [0.15, 0.2) is 5.84 Å². The molecule has 1 N–H and O–H groups in total. The monoisotopic (exact) mass is 435 g/mol. The second-order valence-electron chi connectivity index (χ2n) is 8.01. The van der Waals surface area contributed by atoms with Crippen molar-refractivity contribution in [1.29, 1.82) is 0 Å². The number of aliphatic hydroxyl groups excluding tert-OH is 1. The Morgan fingerprint density at radius 2 is 1.66 bits per heavy atom. The summed E-state index contributed by atoms with van der Waals surface area (Å²) >= 11 is 0. The van der Waals surface area contributed by atoms with Gasteiger partial charge in [-0.2, -0.15) is 4.99 Å². The minimum absolute atomic E-state index is 0.0567. The standard InChI is InChI=1S/C23H21N3O6/c1-13(27)18(22(29)32-23(2,3)4)19-16-7-5-6-8-17(16)20(24-19)25-21(28)14-9-11-15(12-10-14)26(30)31/h5-12,27H,1-4H3. The quantitative estimate of drug-likeness (QED) is 0.252. The number of allylic oxidation sites excluding steroid dienone is 1. The fourth-order valence-electron chi connectivity index (χ4n) is 3.02. The average molecular weight is 435 g/mol. The number of ether oxygens (including phenoxy) is 1. The van der Waals surface area contributed by atoms with Crippen LogP contribution in [0.5, 0.6) is 0 Å². The number of amidine groups is 1. The lowest BCUT2D eigenvalue weighted by atomic mass is 9.99. The van der Waals surface area contributed by atoms with Gasteiger partial charge in [-0.25, -0.2) is 9.79 Å². The summed E-state index contributed by atoms with van der Waals surface area (Å²) < 4.78 is 5.41. The number of hydrogen-bond donors (Lipinski definition) is 1. The molecule has 0 saturated carbocycles. The lowest BCUT2D eigenvalue weighted by Gasteiger charge is -2.21. The highest BCUT2D eigenvalue weighted by atomic mass is 16.6. The molecule has 0 radical (unpaired) electrons. The Balaban J connectivity index is 2.04. The maximum atomic E-state index is 12.8. The Hall–Kier alpha value is -4.14. The zero-order valence-corrected chi connectivity index (χ0v) is 17.9. The zero-order chi connectivity index (χ0) is 23.6. The van der Waals surface area contributed by atoms with Crippen LogP contribution < -0.4 is 0 Å². The summed E-state index contributed by atoms with van der Waals surface area (Å²) in [6.45, 7) is 6.46. The van der Waals surface area contributed by atoms with E-state index in [0.29, 0.717) is 11.1 Å². The van der Waals surface area contributed by atoms with Crippen molar-refractivity contribution in [3.8, 4) is 0 Å². The summed E-state index contributed by atoms with van der Waals surface area (Å²) in [4.78, 5) is 44.1. The van der Waals surface area contributed by atoms with Gasteiger partial charge in [0.1, 0.15) is 16.9 Å². The van der Waals surface area contributed by atoms with Crippen LogP contribution in [0.4, 0.5) is 5.69 Å². The first-order valence-electron chi connectivity index (χ1n) is 9.67. The maximum Gasteiger partial charge on any atom is 0.344 e. The van der Waals surface area contributed by atoms with Gasteiger partial charge in [0, 0.05) is 28.8 Å². The number of carbonyl (C=O) groups excluding carboxylic acids is 2. The molecule has 2 aromatic carbocycles. The first-order valence-corrected chi connectivity index (χ1v) is 9.67. The van der Waals surface area contributed by atoms with Crippen molar-refractivity contribution in [3.05, 3.63) is 86.7 Å². The third kappa shape index (κ3) is 4.77. The van der Waals surface area contributed by atoms with E-state index in [0.717, 1.165) is 0 Å². The minimum atomic E-state index is -0.792. The molecule has 0 fully saturated rings. The van der Waals surface area contributed by atoms with E-state index in [1.165, 1.54) is 31.2 Å². The number of aliphatic hydroxyl groups is 1. The summed E-state index contributed by atoms with van der Waals surface area (Å²) in [5.74, 6) is -1.63. The molecule has 0 aromatic heterocycles. The number of esters is 1. The van der Waals surface area contributed by atoms with Gasteiger partial charge in [0.05, 0.1) is 10.6 Å². The number of benzene rings is 2. The van der Waals surface area contributed by atoms with Gasteiger partial charge in [-0.1, -0.05) is 24.3 Å². The van der Waals surface area contributed by atoms with Gasteiger partial charge in [0.2, 0.25) is 0 Å². The third-order valence-corrected chi connectivity index (χ3v) is 4.37. The largest absolute Gasteiger partial charge is 0.512 e. The lowest BCUT2D eigenvalue weighted by Crippen LogP contribution is -2.28. The van der Waals surface area contributed by atoms with Gasteiger partial charge in [0.25, 0.3) is 11.6 Å². The Labute approximate surface area is 183 Å². The second kappa shape index (κ2) is 8.54. The fourth-order valence-corrected chi connectivity index (χ4v) is 3.02. The van der Waals surface area contributed by atoms with Crippen LogP contribution in [0.15, 0.2) is 69.8 Å². The fraction of sp³-hybridized carbons (Fsp3) is 0.217. The molecule has 9 nitrogen and oxygen atoms in total. The minimum Gasteiger partial charge on any atom is -0.512 e. The van der Waals surface area contributed by atoms with E-state index in [4.69, 9.17) is 4.74 Å². The number of nitro groups is 1. The lowest BCUT2D eigenvalue weighted by molar-refractivity contribution is -0.384. The molecule has 32 heavy (non-hydrogen) atoms. The van der Waals surface area contributed by atoms with E-state index in [9.17, 15) is 24.8 Å². The first kappa shape index (κ1) is 22.5. The Morgan fingerprint density at radius 1 is 1.06 bits per heavy atom. The van der Waals surface area contributed by atoms with Gasteiger partial charge >= 0.3 is 5.97 Å². The van der Waals surface area contributed by atoms with Crippen LogP contribution in [-0.2, 0) is 9.53 Å². The van der Waals surface area contributed by atoms with E-state index in [1.54, 1.807) is 45.0 Å². The van der Waals surface area contributed by atoms with E-state index in [1.807, 2.05) is 0 Å². The molecular weight excluding hydrogens is 414 g/mol. The van der Waals surface area contributed by atoms with Crippen molar-refractivity contribution in [2.24, 2.45) is 9.98 Å². The predicted octanol–water partition coefficient (Wildman–Crippen LogP) is 4.16. The van der Waals surface area contributed by atoms with Crippen LogP contribution in [0.3, 0.4) is 0 Å². The summed E-state index contributed by atoms with van der Waals surface area (Å²) in [7, 11) is 0. The molecule has 1 aliphatic rings.